The molecule has 0 bridgehead atoms. The van der Waals surface area contributed by atoms with Crippen molar-refractivity contribution in [2.45, 2.75) is 61.9 Å². The number of carbonyl (C=O) groups is 2. The summed E-state index contributed by atoms with van der Waals surface area (Å²) in [7, 11) is 6.11. The topological polar surface area (TPSA) is 225 Å². The molecule has 2 heterocycles. The first-order valence-electron chi connectivity index (χ1n) is 20.9. The zero-order chi connectivity index (χ0) is 49.4. The molecular formula is C39H71ClN6O11P2S6. The van der Waals surface area contributed by atoms with Crippen LogP contribution >= 0.6 is 68.4 Å². The summed E-state index contributed by atoms with van der Waals surface area (Å²) >= 11 is 0. The Labute approximate surface area is 409 Å². The summed E-state index contributed by atoms with van der Waals surface area (Å²) in [4.78, 5) is 36.5. The van der Waals surface area contributed by atoms with Crippen molar-refractivity contribution in [3.8, 4) is 0 Å². The van der Waals surface area contributed by atoms with Crippen molar-refractivity contribution in [2.24, 2.45) is 0 Å². The van der Waals surface area contributed by atoms with Gasteiger partial charge in [-0.1, -0.05) is 40.6 Å². The summed E-state index contributed by atoms with van der Waals surface area (Å²) in [5.41, 5.74) is 0. The third kappa shape index (κ3) is 34.1. The smallest absolute Gasteiger partial charge is 0.264 e. The second kappa shape index (κ2) is 36.1. The average Bonchev–Trinajstić information content (AvgIpc) is 3.23. The second-order valence-electron chi connectivity index (χ2n) is 14.7. The van der Waals surface area contributed by atoms with Crippen LogP contribution < -0.4 is 0 Å². The van der Waals surface area contributed by atoms with Gasteiger partial charge in [-0.05, 0) is 92.1 Å². The summed E-state index contributed by atoms with van der Waals surface area (Å²) in [6.07, 6.45) is 11.3. The zero-order valence-electron chi connectivity index (χ0n) is 38.7. The molecule has 2 rings (SSSR count). The minimum Gasteiger partial charge on any atom is -0.396 e. The Morgan fingerprint density at radius 1 is 0.677 bits per heavy atom. The van der Waals surface area contributed by atoms with Crippen LogP contribution in [0.3, 0.4) is 0 Å². The Hall–Kier alpha value is -0.910. The first-order chi connectivity index (χ1) is 30.5. The van der Waals surface area contributed by atoms with Crippen LogP contribution in [0.4, 0.5) is 0 Å². The molecule has 1 unspecified atom stereocenters. The number of hydrogen-bond acceptors (Lipinski definition) is 17. The molecule has 0 aliphatic heterocycles. The van der Waals surface area contributed by atoms with Gasteiger partial charge in [0.1, 0.15) is 10.1 Å². The van der Waals surface area contributed by atoms with E-state index in [9.17, 15) is 35.6 Å². The molecule has 0 saturated heterocycles. The van der Waals surface area contributed by atoms with Gasteiger partial charge in [0.25, 0.3) is 10.1 Å². The molecule has 2 aromatic rings. The van der Waals surface area contributed by atoms with Gasteiger partial charge in [-0.25, -0.2) is 18.4 Å². The molecule has 0 aliphatic carbocycles. The van der Waals surface area contributed by atoms with Gasteiger partial charge >= 0.3 is 0 Å². The van der Waals surface area contributed by atoms with E-state index in [1.165, 1.54) is 0 Å². The average molecular weight is 1090 g/mol. The van der Waals surface area contributed by atoms with Crippen molar-refractivity contribution in [2.75, 3.05) is 123 Å². The Morgan fingerprint density at radius 2 is 1.08 bits per heavy atom. The molecule has 2 N–H and O–H groups in total. The van der Waals surface area contributed by atoms with Crippen molar-refractivity contribution in [3.05, 3.63) is 48.8 Å². The molecule has 17 nitrogen and oxygen atoms in total. The van der Waals surface area contributed by atoms with Gasteiger partial charge in [0.2, 0.25) is 20.9 Å². The van der Waals surface area contributed by atoms with Gasteiger partial charge in [0.15, 0.2) is 14.6 Å². The van der Waals surface area contributed by atoms with E-state index in [2.05, 4.69) is 20.7 Å². The van der Waals surface area contributed by atoms with E-state index in [4.69, 9.17) is 14.4 Å². The Balaban J connectivity index is 0.00000115. The van der Waals surface area contributed by atoms with Crippen LogP contribution in [0.2, 0.25) is 0 Å². The molecule has 2 aromatic heterocycles. The number of hydrogen-bond donors (Lipinski definition) is 2. The van der Waals surface area contributed by atoms with Crippen molar-refractivity contribution < 1.29 is 50.0 Å². The number of aromatic nitrogens is 2. The summed E-state index contributed by atoms with van der Waals surface area (Å²) in [6.45, 7) is 3.89. The lowest BCUT2D eigenvalue weighted by atomic mass is 10.3. The largest absolute Gasteiger partial charge is 0.396 e. The standard InChI is InChI=1S/C20H36N3O5PS3.C18H32N3O4PS2.CH3ClO2S/c1-5-16-29(25,17-15-28-32(4,26)27)23(3)14-9-13-22(2)20(24)11-8-18-30-31-19-10-6-7-12-21-19;1-20(10-6-11-21(2)26(25,14-12-22)15-13-23)18(24)8-5-16-27-28-17-7-3-4-9-19-17;1-5(2,3)4/h6-7,10,12H,5,8-9,11,13-18H2,1-4H3;3-4,7,9,22-23H,5-6,8,10-16H2,1-2H3;1H3. The molecule has 1 atom stereocenters. The number of halogens is 1. The Bertz CT molecular complexity index is 1900. The summed E-state index contributed by atoms with van der Waals surface area (Å²) in [5, 5.41) is 20.2. The predicted octanol–water partition coefficient (Wildman–Crippen LogP) is 6.88. The second-order valence-corrected chi connectivity index (χ2v) is 30.8. The van der Waals surface area contributed by atoms with Crippen LogP contribution in [0.1, 0.15) is 51.9 Å². The van der Waals surface area contributed by atoms with E-state index >= 15 is 0 Å². The summed E-state index contributed by atoms with van der Waals surface area (Å²) in [6, 6.07) is 11.6. The number of aliphatic hydroxyl groups is 2. The van der Waals surface area contributed by atoms with E-state index in [0.29, 0.717) is 58.0 Å². The molecule has 376 valence electrons. The van der Waals surface area contributed by atoms with Gasteiger partial charge in [0.05, 0.1) is 32.3 Å². The third-order valence-corrected chi connectivity index (χ3v) is 21.1. The number of carbonyl (C=O) groups excluding carboxylic acids is 2. The number of pyridine rings is 2. The SMILES string of the molecule is CCCP(=O)(CCOS(C)(=O)=O)N(C)CCCN(C)C(=O)CCCSSc1ccccn1.CN(CCCN(C)P(=O)(CCO)CCO)C(=O)CCCSSc1ccccn1.CS(=O)(=O)Cl. The van der Waals surface area contributed by atoms with E-state index in [1.54, 1.807) is 98.2 Å². The van der Waals surface area contributed by atoms with Gasteiger partial charge < -0.3 is 29.1 Å². The maximum atomic E-state index is 13.3. The predicted molar refractivity (Wildman–Crippen MR) is 274 cm³/mol. The van der Waals surface area contributed by atoms with E-state index in [-0.39, 0.29) is 50.1 Å². The summed E-state index contributed by atoms with van der Waals surface area (Å²) in [5.74, 6) is 1.98. The van der Waals surface area contributed by atoms with Crippen LogP contribution in [0.15, 0.2) is 58.8 Å². The lowest BCUT2D eigenvalue weighted by Crippen LogP contribution is -2.30. The van der Waals surface area contributed by atoms with Crippen LogP contribution in [-0.4, -0.2) is 191 Å². The zero-order valence-corrected chi connectivity index (χ0v) is 46.2. The van der Waals surface area contributed by atoms with Crippen molar-refractivity contribution in [3.63, 3.8) is 0 Å². The van der Waals surface area contributed by atoms with Crippen LogP contribution in [-0.2, 0) is 42.1 Å². The molecule has 0 fully saturated rings. The molecule has 65 heavy (non-hydrogen) atoms. The Kier molecular flexibility index (Phi) is 35.6. The highest BCUT2D eigenvalue weighted by molar-refractivity contribution is 8.77. The number of amides is 2. The van der Waals surface area contributed by atoms with Crippen molar-refractivity contribution in [1.82, 2.24) is 29.1 Å². The fraction of sp³-hybridized carbons (Fsp3) is 0.692. The first kappa shape index (κ1) is 64.1. The van der Waals surface area contributed by atoms with Crippen LogP contribution in [0.25, 0.3) is 0 Å². The van der Waals surface area contributed by atoms with Gasteiger partial charge in [-0.2, -0.15) is 8.42 Å². The first-order valence-corrected chi connectivity index (χ1v) is 34.2. The Morgan fingerprint density at radius 3 is 1.42 bits per heavy atom. The molecule has 0 saturated carbocycles. The van der Waals surface area contributed by atoms with Gasteiger partial charge in [0, 0.05) is 112 Å². The minimum atomic E-state index is -3.54. The normalized spacial score (nSPS) is 12.7. The van der Waals surface area contributed by atoms with Crippen molar-refractivity contribution >= 4 is 99.4 Å². The molecule has 0 aliphatic rings. The highest BCUT2D eigenvalue weighted by atomic mass is 35.7. The minimum absolute atomic E-state index is 0.0739. The lowest BCUT2D eigenvalue weighted by Gasteiger charge is -2.29. The monoisotopic (exact) mass is 1090 g/mol. The number of aliphatic hydroxyl groups excluding tert-OH is 2. The van der Waals surface area contributed by atoms with Crippen molar-refractivity contribution in [1.29, 1.82) is 0 Å². The quantitative estimate of drug-likeness (QED) is 0.0250. The third-order valence-electron chi connectivity index (χ3n) is 9.06. The van der Waals surface area contributed by atoms with E-state index < -0.39 is 33.8 Å². The highest BCUT2D eigenvalue weighted by Gasteiger charge is 2.28. The maximum absolute atomic E-state index is 13.3. The molecular weight excluding hydrogens is 1020 g/mol. The lowest BCUT2D eigenvalue weighted by molar-refractivity contribution is -0.130. The highest BCUT2D eigenvalue weighted by Crippen LogP contribution is 2.49. The van der Waals surface area contributed by atoms with Gasteiger partial charge in [-0.15, -0.1) is 0 Å². The molecule has 0 aromatic carbocycles. The number of nitrogens with zero attached hydrogens (tertiary/aromatic N) is 6. The molecule has 26 heteroatoms. The number of rotatable bonds is 32. The van der Waals surface area contributed by atoms with E-state index in [1.807, 2.05) is 48.0 Å². The molecule has 0 radical (unpaired) electrons. The van der Waals surface area contributed by atoms with Crippen LogP contribution in [0.5, 0.6) is 0 Å². The van der Waals surface area contributed by atoms with E-state index in [0.717, 1.165) is 53.3 Å². The molecule has 2 amide bonds. The van der Waals surface area contributed by atoms with Crippen LogP contribution in [0, 0.1) is 0 Å². The fourth-order valence-corrected chi connectivity index (χ4v) is 14.5. The van der Waals surface area contributed by atoms with Gasteiger partial charge in [-0.3, -0.25) is 23.1 Å². The molecule has 0 spiro atoms. The fourth-order valence-electron chi connectivity index (χ4n) is 5.53. The summed E-state index contributed by atoms with van der Waals surface area (Å²) < 4.78 is 75.5. The maximum Gasteiger partial charge on any atom is 0.264 e.